The Bertz CT molecular complexity index is 774. The molecule has 0 heterocycles. The van der Waals surface area contributed by atoms with E-state index in [4.69, 9.17) is 5.11 Å². The van der Waals surface area contributed by atoms with Crippen LogP contribution in [-0.2, 0) is 14.8 Å². The number of hydrogen-bond donors (Lipinski definition) is 2. The van der Waals surface area contributed by atoms with Gasteiger partial charge in [0.1, 0.15) is 0 Å². The molecule has 0 aliphatic rings. The van der Waals surface area contributed by atoms with Gasteiger partial charge in [-0.15, -0.1) is 0 Å². The van der Waals surface area contributed by atoms with Crippen molar-refractivity contribution in [1.29, 1.82) is 0 Å². The molecule has 0 aliphatic carbocycles. The highest BCUT2D eigenvalue weighted by atomic mass is 79.9. The minimum Gasteiger partial charge on any atom is -0.481 e. The third-order valence-corrected chi connectivity index (χ3v) is 4.75. The molecule has 0 saturated carbocycles. The van der Waals surface area contributed by atoms with Crippen molar-refractivity contribution in [2.75, 3.05) is 10.5 Å². The lowest BCUT2D eigenvalue weighted by atomic mass is 10.1. The lowest BCUT2D eigenvalue weighted by molar-refractivity contribution is -0.137. The smallest absolute Gasteiger partial charge is 0.303 e. The molecule has 0 aromatic heterocycles. The molecule has 21 heavy (non-hydrogen) atoms. The normalized spacial score (nSPS) is 11.5. The van der Waals surface area contributed by atoms with Crippen molar-refractivity contribution >= 4 is 48.4 Å². The Morgan fingerprint density at radius 1 is 1.14 bits per heavy atom. The van der Waals surface area contributed by atoms with E-state index in [1.807, 2.05) is 24.3 Å². The minimum atomic E-state index is -3.53. The number of carboxylic acid groups (broad SMARTS) is 1. The number of sulfonamides is 1. The van der Waals surface area contributed by atoms with Crippen molar-refractivity contribution in [2.45, 2.75) is 12.8 Å². The molecule has 0 bridgehead atoms. The number of fused-ring (bicyclic) bond motifs is 1. The number of benzene rings is 2. The van der Waals surface area contributed by atoms with Gasteiger partial charge >= 0.3 is 5.97 Å². The number of carbonyl (C=O) groups is 1. The lowest BCUT2D eigenvalue weighted by Gasteiger charge is -2.08. The first-order chi connectivity index (χ1) is 9.85. The number of nitrogens with one attached hydrogen (secondary N) is 1. The fourth-order valence-corrected chi connectivity index (χ4v) is 3.42. The molecule has 2 aromatic carbocycles. The summed E-state index contributed by atoms with van der Waals surface area (Å²) in [5, 5.41) is 10.4. The van der Waals surface area contributed by atoms with Crippen LogP contribution in [0.15, 0.2) is 40.9 Å². The second kappa shape index (κ2) is 6.44. The van der Waals surface area contributed by atoms with E-state index in [2.05, 4.69) is 20.7 Å². The van der Waals surface area contributed by atoms with Crippen LogP contribution in [0, 0.1) is 0 Å². The number of hydrogen-bond acceptors (Lipinski definition) is 3. The zero-order chi connectivity index (χ0) is 15.5. The molecular weight excluding hydrogens is 358 g/mol. The zero-order valence-electron chi connectivity index (χ0n) is 11.0. The molecule has 2 aromatic rings. The maximum atomic E-state index is 11.9. The summed E-state index contributed by atoms with van der Waals surface area (Å²) in [5.74, 6) is -1.21. The van der Waals surface area contributed by atoms with Crippen molar-refractivity contribution in [1.82, 2.24) is 0 Å². The fraction of sp³-hybridized carbons (Fsp3) is 0.214. The molecule has 0 radical (unpaired) electrons. The number of rotatable bonds is 6. The van der Waals surface area contributed by atoms with Gasteiger partial charge in [-0.1, -0.05) is 28.1 Å². The Morgan fingerprint density at radius 2 is 1.81 bits per heavy atom. The average molecular weight is 372 g/mol. The highest BCUT2D eigenvalue weighted by Crippen LogP contribution is 2.23. The number of anilines is 1. The largest absolute Gasteiger partial charge is 0.481 e. The molecular formula is C14H14BrNO4S. The molecule has 0 aliphatic heterocycles. The van der Waals surface area contributed by atoms with E-state index in [0.29, 0.717) is 5.69 Å². The topological polar surface area (TPSA) is 83.5 Å². The van der Waals surface area contributed by atoms with Crippen LogP contribution >= 0.6 is 15.9 Å². The summed E-state index contributed by atoms with van der Waals surface area (Å²) in [6.45, 7) is 0. The molecule has 2 rings (SSSR count). The quantitative estimate of drug-likeness (QED) is 0.816. The monoisotopic (exact) mass is 371 g/mol. The summed E-state index contributed by atoms with van der Waals surface area (Å²) in [5.41, 5.74) is 0.472. The summed E-state index contributed by atoms with van der Waals surface area (Å²) in [6, 6.07) is 11.0. The minimum absolute atomic E-state index is 0.0885. The van der Waals surface area contributed by atoms with Crippen LogP contribution in [0.4, 0.5) is 5.69 Å². The van der Waals surface area contributed by atoms with Gasteiger partial charge in [0.2, 0.25) is 10.0 Å². The van der Waals surface area contributed by atoms with Gasteiger partial charge in [-0.2, -0.15) is 0 Å². The third-order valence-electron chi connectivity index (χ3n) is 2.88. The predicted molar refractivity (Wildman–Crippen MR) is 85.9 cm³/mol. The summed E-state index contributed by atoms with van der Waals surface area (Å²) in [6.07, 6.45) is -0.0716. The predicted octanol–water partition coefficient (Wildman–Crippen LogP) is 3.21. The number of carboxylic acids is 1. The molecule has 0 saturated heterocycles. The summed E-state index contributed by atoms with van der Waals surface area (Å²) in [7, 11) is -3.53. The molecule has 0 amide bonds. The molecule has 0 spiro atoms. The maximum absolute atomic E-state index is 11.9. The SMILES string of the molecule is O=C(O)CCCS(=O)(=O)Nc1ccc2cc(Br)ccc2c1. The van der Waals surface area contributed by atoms with Gasteiger partial charge in [0.25, 0.3) is 0 Å². The van der Waals surface area contributed by atoms with E-state index in [-0.39, 0.29) is 18.6 Å². The van der Waals surface area contributed by atoms with Gasteiger partial charge in [-0.3, -0.25) is 9.52 Å². The van der Waals surface area contributed by atoms with Crippen molar-refractivity contribution in [2.24, 2.45) is 0 Å². The molecule has 5 nitrogen and oxygen atoms in total. The van der Waals surface area contributed by atoms with Gasteiger partial charge in [-0.25, -0.2) is 8.42 Å². The molecule has 112 valence electrons. The Labute approximate surface area is 131 Å². The summed E-state index contributed by atoms with van der Waals surface area (Å²) in [4.78, 5) is 10.4. The van der Waals surface area contributed by atoms with Gasteiger partial charge in [0.05, 0.1) is 5.75 Å². The average Bonchev–Trinajstić information content (AvgIpc) is 2.37. The van der Waals surface area contributed by atoms with Crippen molar-refractivity contribution < 1.29 is 18.3 Å². The Kier molecular flexibility index (Phi) is 4.84. The van der Waals surface area contributed by atoms with Crippen molar-refractivity contribution in [3.8, 4) is 0 Å². The molecule has 0 unspecified atom stereocenters. The van der Waals surface area contributed by atoms with E-state index < -0.39 is 16.0 Å². The number of aliphatic carboxylic acids is 1. The van der Waals surface area contributed by atoms with Gasteiger partial charge in [0.15, 0.2) is 0 Å². The van der Waals surface area contributed by atoms with Crippen molar-refractivity contribution in [3.63, 3.8) is 0 Å². The summed E-state index contributed by atoms with van der Waals surface area (Å²) < 4.78 is 27.1. The van der Waals surface area contributed by atoms with E-state index in [9.17, 15) is 13.2 Å². The van der Waals surface area contributed by atoms with Crippen LogP contribution in [-0.4, -0.2) is 25.2 Å². The van der Waals surface area contributed by atoms with Crippen LogP contribution in [0.2, 0.25) is 0 Å². The second-order valence-electron chi connectivity index (χ2n) is 4.62. The summed E-state index contributed by atoms with van der Waals surface area (Å²) >= 11 is 3.38. The molecule has 0 atom stereocenters. The molecule has 7 heteroatoms. The zero-order valence-corrected chi connectivity index (χ0v) is 13.4. The standard InChI is InChI=1S/C14H14BrNO4S/c15-12-5-3-11-9-13(6-4-10(11)8-12)16-21(19,20)7-1-2-14(17)18/h3-6,8-9,16H,1-2,7H2,(H,17,18). The fourth-order valence-electron chi connectivity index (χ4n) is 1.92. The van der Waals surface area contributed by atoms with E-state index in [1.165, 1.54) is 0 Å². The highest BCUT2D eigenvalue weighted by molar-refractivity contribution is 9.10. The van der Waals surface area contributed by atoms with Crippen LogP contribution < -0.4 is 4.72 Å². The van der Waals surface area contributed by atoms with Gasteiger partial charge < -0.3 is 5.11 Å². The first kappa shape index (κ1) is 15.8. The van der Waals surface area contributed by atoms with Gasteiger partial charge in [0, 0.05) is 16.6 Å². The number of halogens is 1. The van der Waals surface area contributed by atoms with Crippen LogP contribution in [0.5, 0.6) is 0 Å². The molecule has 0 fully saturated rings. The van der Waals surface area contributed by atoms with E-state index >= 15 is 0 Å². The molecule has 2 N–H and O–H groups in total. The maximum Gasteiger partial charge on any atom is 0.303 e. The van der Waals surface area contributed by atoms with Crippen LogP contribution in [0.3, 0.4) is 0 Å². The van der Waals surface area contributed by atoms with E-state index in [1.54, 1.807) is 12.1 Å². The Balaban J connectivity index is 2.11. The van der Waals surface area contributed by atoms with Crippen LogP contribution in [0.1, 0.15) is 12.8 Å². The first-order valence-corrected chi connectivity index (χ1v) is 8.72. The Morgan fingerprint density at radius 3 is 2.52 bits per heavy atom. The Hall–Kier alpha value is -1.60. The van der Waals surface area contributed by atoms with Crippen LogP contribution in [0.25, 0.3) is 10.8 Å². The van der Waals surface area contributed by atoms with Crippen molar-refractivity contribution in [3.05, 3.63) is 40.9 Å². The third kappa shape index (κ3) is 4.71. The van der Waals surface area contributed by atoms with Gasteiger partial charge in [-0.05, 0) is 41.5 Å². The van der Waals surface area contributed by atoms with E-state index in [0.717, 1.165) is 15.2 Å². The first-order valence-electron chi connectivity index (χ1n) is 6.27. The highest BCUT2D eigenvalue weighted by Gasteiger charge is 2.11. The second-order valence-corrected chi connectivity index (χ2v) is 7.38. The lowest BCUT2D eigenvalue weighted by Crippen LogP contribution is -2.17.